The van der Waals surface area contributed by atoms with Crippen LogP contribution in [0.5, 0.6) is 0 Å². The number of aromatic nitrogens is 4. The summed E-state index contributed by atoms with van der Waals surface area (Å²) in [5.74, 6) is 0.522. The molecule has 0 aliphatic carbocycles. The van der Waals surface area contributed by atoms with E-state index in [0.717, 1.165) is 10.1 Å². The SMILES string of the molecule is CNc1nc2c(c(=O)n(C)c(=O)n2C)n1Cc1ccc(Cl)cc1. The number of aryl methyl sites for hydroxylation is 1. The van der Waals surface area contributed by atoms with Crippen LogP contribution in [0, 0.1) is 0 Å². The Balaban J connectivity index is 2.29. The molecule has 0 saturated carbocycles. The van der Waals surface area contributed by atoms with Gasteiger partial charge in [-0.1, -0.05) is 23.7 Å². The second-order valence-corrected chi connectivity index (χ2v) is 5.71. The normalized spacial score (nSPS) is 11.1. The van der Waals surface area contributed by atoms with E-state index >= 15 is 0 Å². The molecule has 2 heterocycles. The Morgan fingerprint density at radius 2 is 1.78 bits per heavy atom. The molecule has 0 radical (unpaired) electrons. The van der Waals surface area contributed by atoms with Gasteiger partial charge in [-0.15, -0.1) is 0 Å². The van der Waals surface area contributed by atoms with Gasteiger partial charge >= 0.3 is 5.69 Å². The number of anilines is 1. The van der Waals surface area contributed by atoms with Gasteiger partial charge in [-0.2, -0.15) is 4.98 Å². The molecular weight excluding hydrogens is 318 g/mol. The molecule has 1 aromatic carbocycles. The summed E-state index contributed by atoms with van der Waals surface area (Å²) in [5.41, 5.74) is 0.943. The fraction of sp³-hybridized carbons (Fsp3) is 0.267. The van der Waals surface area contributed by atoms with Crippen molar-refractivity contribution < 1.29 is 0 Å². The van der Waals surface area contributed by atoms with Gasteiger partial charge in [-0.05, 0) is 17.7 Å². The number of rotatable bonds is 3. The fourth-order valence-corrected chi connectivity index (χ4v) is 2.69. The molecule has 0 spiro atoms. The molecule has 0 fully saturated rings. The average molecular weight is 334 g/mol. The second kappa shape index (κ2) is 5.58. The Hall–Kier alpha value is -2.54. The molecule has 7 nitrogen and oxygen atoms in total. The standard InChI is InChI=1S/C15H16ClN5O2/c1-17-14-18-12-11(13(22)20(3)15(23)19(12)2)21(14)8-9-4-6-10(16)7-5-9/h4-7H,8H2,1-3H3,(H,17,18). The zero-order chi connectivity index (χ0) is 16.7. The summed E-state index contributed by atoms with van der Waals surface area (Å²) in [6.07, 6.45) is 0. The third-order valence-electron chi connectivity index (χ3n) is 3.83. The van der Waals surface area contributed by atoms with E-state index in [4.69, 9.17) is 11.6 Å². The highest BCUT2D eigenvalue weighted by molar-refractivity contribution is 6.30. The minimum atomic E-state index is -0.402. The number of nitrogens with zero attached hydrogens (tertiary/aromatic N) is 4. The van der Waals surface area contributed by atoms with Gasteiger partial charge in [0.05, 0.1) is 6.54 Å². The van der Waals surface area contributed by atoms with Crippen molar-refractivity contribution in [1.82, 2.24) is 18.7 Å². The first-order chi connectivity index (χ1) is 10.9. The summed E-state index contributed by atoms with van der Waals surface area (Å²) in [4.78, 5) is 29.0. The van der Waals surface area contributed by atoms with Crippen LogP contribution in [0.15, 0.2) is 33.9 Å². The van der Waals surface area contributed by atoms with Crippen LogP contribution in [0.4, 0.5) is 5.95 Å². The molecule has 23 heavy (non-hydrogen) atoms. The largest absolute Gasteiger partial charge is 0.359 e. The summed E-state index contributed by atoms with van der Waals surface area (Å²) < 4.78 is 4.22. The summed E-state index contributed by atoms with van der Waals surface area (Å²) in [6, 6.07) is 7.37. The molecule has 0 amide bonds. The van der Waals surface area contributed by atoms with Crippen LogP contribution < -0.4 is 16.6 Å². The Labute approximate surface area is 136 Å². The zero-order valence-corrected chi connectivity index (χ0v) is 13.8. The number of halogens is 1. The maximum atomic E-state index is 12.5. The van der Waals surface area contributed by atoms with Crippen LogP contribution in [0.2, 0.25) is 5.02 Å². The van der Waals surface area contributed by atoms with Crippen molar-refractivity contribution in [2.75, 3.05) is 12.4 Å². The summed E-state index contributed by atoms with van der Waals surface area (Å²) in [7, 11) is 4.79. The Morgan fingerprint density at radius 3 is 2.39 bits per heavy atom. The van der Waals surface area contributed by atoms with E-state index in [1.54, 1.807) is 30.8 Å². The maximum Gasteiger partial charge on any atom is 0.332 e. The van der Waals surface area contributed by atoms with E-state index in [1.165, 1.54) is 11.6 Å². The van der Waals surface area contributed by atoms with E-state index in [-0.39, 0.29) is 5.56 Å². The fourth-order valence-electron chi connectivity index (χ4n) is 2.56. The van der Waals surface area contributed by atoms with Gasteiger partial charge in [0, 0.05) is 26.2 Å². The van der Waals surface area contributed by atoms with Gasteiger partial charge in [0.1, 0.15) is 0 Å². The van der Waals surface area contributed by atoms with Gasteiger partial charge in [0.15, 0.2) is 11.2 Å². The van der Waals surface area contributed by atoms with Gasteiger partial charge in [0.2, 0.25) is 5.95 Å². The van der Waals surface area contributed by atoms with Gasteiger partial charge in [-0.25, -0.2) is 4.79 Å². The predicted octanol–water partition coefficient (Wildman–Crippen LogP) is 1.18. The average Bonchev–Trinajstić information content (AvgIpc) is 2.91. The summed E-state index contributed by atoms with van der Waals surface area (Å²) in [6.45, 7) is 0.442. The molecule has 0 aliphatic heterocycles. The van der Waals surface area contributed by atoms with Gasteiger partial charge in [-0.3, -0.25) is 18.5 Å². The van der Waals surface area contributed by atoms with Gasteiger partial charge in [0.25, 0.3) is 5.56 Å². The molecule has 0 atom stereocenters. The molecular formula is C15H16ClN5O2. The number of nitrogens with one attached hydrogen (secondary N) is 1. The highest BCUT2D eigenvalue weighted by Gasteiger charge is 2.18. The van der Waals surface area contributed by atoms with E-state index in [9.17, 15) is 9.59 Å². The van der Waals surface area contributed by atoms with Crippen molar-refractivity contribution in [3.63, 3.8) is 0 Å². The molecule has 0 aliphatic rings. The van der Waals surface area contributed by atoms with Crippen molar-refractivity contribution in [1.29, 1.82) is 0 Å². The van der Waals surface area contributed by atoms with Crippen molar-refractivity contribution in [2.24, 2.45) is 14.1 Å². The maximum absolute atomic E-state index is 12.5. The predicted molar refractivity (Wildman–Crippen MR) is 90.3 cm³/mol. The highest BCUT2D eigenvalue weighted by Crippen LogP contribution is 2.18. The molecule has 3 aromatic rings. The molecule has 0 bridgehead atoms. The molecule has 3 rings (SSSR count). The van der Waals surface area contributed by atoms with Crippen molar-refractivity contribution >= 4 is 28.7 Å². The molecule has 8 heteroatoms. The van der Waals surface area contributed by atoms with Crippen molar-refractivity contribution in [2.45, 2.75) is 6.54 Å². The van der Waals surface area contributed by atoms with Crippen LogP contribution in [-0.4, -0.2) is 25.7 Å². The number of fused-ring (bicyclic) bond motifs is 1. The van der Waals surface area contributed by atoms with E-state index in [1.807, 2.05) is 12.1 Å². The molecule has 120 valence electrons. The first-order valence-electron chi connectivity index (χ1n) is 7.02. The van der Waals surface area contributed by atoms with Crippen LogP contribution in [0.1, 0.15) is 5.56 Å². The van der Waals surface area contributed by atoms with Crippen LogP contribution in [-0.2, 0) is 20.6 Å². The van der Waals surface area contributed by atoms with E-state index in [0.29, 0.717) is 28.7 Å². The Morgan fingerprint density at radius 1 is 1.13 bits per heavy atom. The number of benzene rings is 1. The minimum Gasteiger partial charge on any atom is -0.359 e. The van der Waals surface area contributed by atoms with Crippen LogP contribution in [0.25, 0.3) is 11.2 Å². The molecule has 1 N–H and O–H groups in total. The molecule has 0 unspecified atom stereocenters. The smallest absolute Gasteiger partial charge is 0.332 e. The highest BCUT2D eigenvalue weighted by atomic mass is 35.5. The van der Waals surface area contributed by atoms with Crippen LogP contribution >= 0.6 is 11.6 Å². The number of imidazole rings is 1. The van der Waals surface area contributed by atoms with Crippen molar-refractivity contribution in [3.8, 4) is 0 Å². The van der Waals surface area contributed by atoms with Crippen molar-refractivity contribution in [3.05, 3.63) is 55.7 Å². The zero-order valence-electron chi connectivity index (χ0n) is 13.0. The summed E-state index contributed by atoms with van der Waals surface area (Å²) >= 11 is 5.91. The molecule has 0 saturated heterocycles. The quantitative estimate of drug-likeness (QED) is 0.781. The Kier molecular flexibility index (Phi) is 3.73. The van der Waals surface area contributed by atoms with E-state index in [2.05, 4.69) is 10.3 Å². The number of hydrogen-bond acceptors (Lipinski definition) is 4. The minimum absolute atomic E-state index is 0.358. The first kappa shape index (κ1) is 15.4. The lowest BCUT2D eigenvalue weighted by Crippen LogP contribution is -2.37. The summed E-state index contributed by atoms with van der Waals surface area (Å²) in [5, 5.41) is 3.62. The lowest BCUT2D eigenvalue weighted by molar-refractivity contribution is 0.702. The third kappa shape index (κ3) is 2.43. The van der Waals surface area contributed by atoms with Crippen LogP contribution in [0.3, 0.4) is 0 Å². The topological polar surface area (TPSA) is 73.8 Å². The lowest BCUT2D eigenvalue weighted by Gasteiger charge is -2.09. The van der Waals surface area contributed by atoms with Gasteiger partial charge < -0.3 is 5.32 Å². The monoisotopic (exact) mass is 333 g/mol. The lowest BCUT2D eigenvalue weighted by atomic mass is 10.2. The number of hydrogen-bond donors (Lipinski definition) is 1. The third-order valence-corrected chi connectivity index (χ3v) is 4.08. The molecule has 2 aromatic heterocycles. The first-order valence-corrected chi connectivity index (χ1v) is 7.40. The van der Waals surface area contributed by atoms with E-state index < -0.39 is 5.69 Å². The Bertz CT molecular complexity index is 998. The second-order valence-electron chi connectivity index (χ2n) is 5.28.